The number of nitrogens with one attached hydrogen (secondary N) is 2. The Morgan fingerprint density at radius 3 is 3.03 bits per heavy atom. The number of hydrogen-bond donors (Lipinski definition) is 2. The number of fused-ring (bicyclic) bond motifs is 2. The van der Waals surface area contributed by atoms with E-state index in [0.717, 1.165) is 11.3 Å². The first-order valence-electron chi connectivity index (χ1n) is 12.0. The molecule has 0 bridgehead atoms. The van der Waals surface area contributed by atoms with Crippen molar-refractivity contribution in [3.63, 3.8) is 0 Å². The molecule has 0 saturated carbocycles. The number of ether oxygens (including phenoxy) is 2. The van der Waals surface area contributed by atoms with E-state index in [1.54, 1.807) is 17.0 Å². The van der Waals surface area contributed by atoms with Gasteiger partial charge in [-0.05, 0) is 30.7 Å². The molecule has 0 spiro atoms. The number of methoxy groups -OCH3 is 1. The molecule has 6 rings (SSSR count). The zero-order valence-corrected chi connectivity index (χ0v) is 20.9. The first-order valence-corrected chi connectivity index (χ1v) is 13.0. The molecule has 37 heavy (non-hydrogen) atoms. The monoisotopic (exact) mass is 524 g/mol. The van der Waals surface area contributed by atoms with Gasteiger partial charge in [-0.2, -0.15) is 0 Å². The molecule has 3 aliphatic heterocycles. The quantitative estimate of drug-likeness (QED) is 0.503. The van der Waals surface area contributed by atoms with Crippen LogP contribution in [-0.4, -0.2) is 73.2 Å². The van der Waals surface area contributed by atoms with Crippen molar-refractivity contribution >= 4 is 51.9 Å². The van der Waals surface area contributed by atoms with Gasteiger partial charge < -0.3 is 25.0 Å². The number of cyclic esters (lactones) is 1. The largest absolute Gasteiger partial charge is 0.481 e. The van der Waals surface area contributed by atoms with E-state index >= 15 is 0 Å². The molecule has 10 nitrogen and oxygen atoms in total. The molecule has 192 valence electrons. The fourth-order valence-electron chi connectivity index (χ4n) is 4.93. The molecule has 3 aromatic rings. The highest BCUT2D eigenvalue weighted by Gasteiger charge is 2.34. The van der Waals surface area contributed by atoms with Gasteiger partial charge >= 0.3 is 6.09 Å². The van der Waals surface area contributed by atoms with E-state index in [2.05, 4.69) is 20.6 Å². The van der Waals surface area contributed by atoms with Crippen molar-refractivity contribution in [3.05, 3.63) is 42.3 Å². The zero-order chi connectivity index (χ0) is 25.5. The number of thioether (sulfide) groups is 1. The Bertz CT molecular complexity index is 1390. The summed E-state index contributed by atoms with van der Waals surface area (Å²) >= 11 is 1.48. The van der Waals surface area contributed by atoms with Crippen LogP contribution in [0.2, 0.25) is 0 Å². The fraction of sp³-hybridized carbons (Fsp3) is 0.360. The Balaban J connectivity index is 1.09. The maximum Gasteiger partial charge on any atom is 0.414 e. The summed E-state index contributed by atoms with van der Waals surface area (Å²) < 4.78 is 25.7. The predicted molar refractivity (Wildman–Crippen MR) is 138 cm³/mol. The minimum atomic E-state index is -0.422. The third-order valence-corrected chi connectivity index (χ3v) is 7.82. The number of pyridine rings is 2. The number of aromatic nitrogens is 2. The van der Waals surface area contributed by atoms with Gasteiger partial charge in [0.1, 0.15) is 17.3 Å². The highest BCUT2D eigenvalue weighted by atomic mass is 32.2. The van der Waals surface area contributed by atoms with Crippen molar-refractivity contribution in [1.82, 2.24) is 15.3 Å². The third kappa shape index (κ3) is 4.62. The van der Waals surface area contributed by atoms with E-state index in [9.17, 15) is 14.0 Å². The van der Waals surface area contributed by atoms with Crippen molar-refractivity contribution in [2.24, 2.45) is 0 Å². The van der Waals surface area contributed by atoms with E-state index < -0.39 is 11.9 Å². The zero-order valence-electron chi connectivity index (χ0n) is 20.1. The summed E-state index contributed by atoms with van der Waals surface area (Å²) in [6, 6.07) is 9.15. The molecule has 2 N–H and O–H groups in total. The number of carbonyl (C=O) groups excluding carboxylic acids is 2. The molecule has 0 unspecified atom stereocenters. The molecule has 3 aliphatic rings. The molecule has 0 aliphatic carbocycles. The molecule has 2 saturated heterocycles. The summed E-state index contributed by atoms with van der Waals surface area (Å²) in [5, 5.41) is 6.33. The molecular formula is C25H25FN6O4S. The average molecular weight is 525 g/mol. The second-order valence-electron chi connectivity index (χ2n) is 9.15. The van der Waals surface area contributed by atoms with E-state index in [1.165, 1.54) is 25.1 Å². The van der Waals surface area contributed by atoms with Gasteiger partial charge in [-0.3, -0.25) is 14.7 Å². The van der Waals surface area contributed by atoms with Crippen molar-refractivity contribution in [1.29, 1.82) is 0 Å². The summed E-state index contributed by atoms with van der Waals surface area (Å²) in [6.45, 7) is 2.11. The van der Waals surface area contributed by atoms with Crippen molar-refractivity contribution < 1.29 is 23.5 Å². The van der Waals surface area contributed by atoms with Crippen molar-refractivity contribution in [2.45, 2.75) is 23.5 Å². The number of hydrogen-bond acceptors (Lipinski definition) is 9. The first-order chi connectivity index (χ1) is 18.0. The second kappa shape index (κ2) is 9.67. The number of anilines is 3. The number of amides is 2. The average Bonchev–Trinajstić information content (AvgIpc) is 3.52. The van der Waals surface area contributed by atoms with Gasteiger partial charge in [0.25, 0.3) is 0 Å². The van der Waals surface area contributed by atoms with Crippen LogP contribution < -0.4 is 25.2 Å². The van der Waals surface area contributed by atoms with E-state index in [4.69, 9.17) is 9.47 Å². The summed E-state index contributed by atoms with van der Waals surface area (Å²) in [6.07, 6.45) is 1.29. The third-order valence-electron chi connectivity index (χ3n) is 6.75. The van der Waals surface area contributed by atoms with Crippen LogP contribution in [0.25, 0.3) is 11.0 Å². The van der Waals surface area contributed by atoms with Crippen LogP contribution in [0, 0.1) is 5.82 Å². The smallest absolute Gasteiger partial charge is 0.414 e. The lowest BCUT2D eigenvalue weighted by molar-refractivity contribution is -0.113. The standard InChI is InChI=1S/C25H25FN6O4S/c1-35-22-5-3-18-23(30-22)24(17(26)10-28-18)31-7-6-14(11-31)27-9-16-12-32(25(34)36-16)15-2-4-20-19(8-15)29-21(33)13-37-20/h2-5,8,10,14,16,27H,6-7,9,11-13H2,1H3,(H,29,33)/t14-,16-/m1/s1. The van der Waals surface area contributed by atoms with E-state index in [1.807, 2.05) is 23.1 Å². The Labute approximate surface area is 216 Å². The molecule has 12 heteroatoms. The number of nitrogens with zero attached hydrogens (tertiary/aromatic N) is 4. The number of halogens is 1. The minimum Gasteiger partial charge on any atom is -0.481 e. The molecule has 0 radical (unpaired) electrons. The highest BCUT2D eigenvalue weighted by molar-refractivity contribution is 8.00. The number of benzene rings is 1. The summed E-state index contributed by atoms with van der Waals surface area (Å²) in [7, 11) is 1.52. The van der Waals surface area contributed by atoms with Crippen LogP contribution in [0.1, 0.15) is 6.42 Å². The lowest BCUT2D eigenvalue weighted by Crippen LogP contribution is -2.39. The van der Waals surface area contributed by atoms with Gasteiger partial charge in [0, 0.05) is 42.3 Å². The Morgan fingerprint density at radius 1 is 1.27 bits per heavy atom. The number of rotatable bonds is 6. The second-order valence-corrected chi connectivity index (χ2v) is 10.2. The molecule has 1 aromatic carbocycles. The molecule has 5 heterocycles. The Hall–Kier alpha value is -3.64. The molecule has 2 aromatic heterocycles. The lowest BCUT2D eigenvalue weighted by Gasteiger charge is -2.21. The topological polar surface area (TPSA) is 109 Å². The predicted octanol–water partition coefficient (Wildman–Crippen LogP) is 3.02. The summed E-state index contributed by atoms with van der Waals surface area (Å²) in [5.74, 6) is 0.316. The lowest BCUT2D eigenvalue weighted by atomic mass is 10.2. The maximum absolute atomic E-state index is 14.8. The van der Waals surface area contributed by atoms with Gasteiger partial charge in [0.05, 0.1) is 36.8 Å². The van der Waals surface area contributed by atoms with Gasteiger partial charge in [0.2, 0.25) is 11.8 Å². The highest BCUT2D eigenvalue weighted by Crippen LogP contribution is 2.36. The minimum absolute atomic E-state index is 0.0547. The fourth-order valence-corrected chi connectivity index (χ4v) is 5.72. The Kier molecular flexibility index (Phi) is 6.21. The normalized spacial score (nSPS) is 21.2. The van der Waals surface area contributed by atoms with Crippen LogP contribution in [0.15, 0.2) is 41.4 Å². The van der Waals surface area contributed by atoms with Crippen LogP contribution in [0.5, 0.6) is 5.88 Å². The van der Waals surface area contributed by atoms with Gasteiger partial charge in [-0.15, -0.1) is 11.8 Å². The van der Waals surface area contributed by atoms with Crippen molar-refractivity contribution in [2.75, 3.05) is 54.2 Å². The Morgan fingerprint density at radius 2 is 2.16 bits per heavy atom. The molecule has 2 atom stereocenters. The number of carbonyl (C=O) groups is 2. The van der Waals surface area contributed by atoms with Crippen LogP contribution in [0.4, 0.5) is 26.2 Å². The molecule has 2 amide bonds. The van der Waals surface area contributed by atoms with E-state index in [0.29, 0.717) is 65.9 Å². The summed E-state index contributed by atoms with van der Waals surface area (Å²) in [4.78, 5) is 37.4. The first kappa shape index (κ1) is 23.7. The van der Waals surface area contributed by atoms with Crippen LogP contribution in [0.3, 0.4) is 0 Å². The SMILES string of the molecule is COc1ccc2ncc(F)c(N3CC[C@@H](NC[C@@H]4CN(c5ccc6c(c5)NC(=O)CS6)C(=O)O4)C3)c2n1. The van der Waals surface area contributed by atoms with Gasteiger partial charge in [-0.1, -0.05) is 0 Å². The van der Waals surface area contributed by atoms with Gasteiger partial charge in [0.15, 0.2) is 5.82 Å². The molecule has 2 fully saturated rings. The van der Waals surface area contributed by atoms with Crippen LogP contribution in [-0.2, 0) is 9.53 Å². The summed E-state index contributed by atoms with van der Waals surface area (Å²) in [5.41, 5.74) is 2.89. The van der Waals surface area contributed by atoms with Crippen molar-refractivity contribution in [3.8, 4) is 5.88 Å². The van der Waals surface area contributed by atoms with Crippen LogP contribution >= 0.6 is 11.8 Å². The van der Waals surface area contributed by atoms with E-state index in [-0.39, 0.29) is 18.1 Å². The van der Waals surface area contributed by atoms with Gasteiger partial charge in [-0.25, -0.2) is 14.2 Å². The molecular weight excluding hydrogens is 499 g/mol. The maximum atomic E-state index is 14.8.